The number of anilines is 1. The molecule has 1 atom stereocenters. The van der Waals surface area contributed by atoms with Gasteiger partial charge in [0.1, 0.15) is 5.69 Å². The standard InChI is InChI=1S/C12H19N5O/c13-12-16-10-9(14-7-15-10)11(17-12)18-6-8-4-2-1-3-5-8/h7-8,11H,1-6H2,(H,14,15)(H3,13,16,17). The molecular formula is C12H19N5O. The molecule has 1 aliphatic carbocycles. The summed E-state index contributed by atoms with van der Waals surface area (Å²) in [6.45, 7) is 0.750. The van der Waals surface area contributed by atoms with Crippen molar-refractivity contribution in [3.05, 3.63) is 12.0 Å². The Morgan fingerprint density at radius 3 is 3.00 bits per heavy atom. The lowest BCUT2D eigenvalue weighted by molar-refractivity contribution is 0.0224. The SMILES string of the molecule is NC1=NC(OCC2CCCCC2)c2[nH]cnc2N1. The van der Waals surface area contributed by atoms with Gasteiger partial charge in [-0.15, -0.1) is 0 Å². The number of nitrogens with two attached hydrogens (primary N) is 1. The molecule has 18 heavy (non-hydrogen) atoms. The highest BCUT2D eigenvalue weighted by atomic mass is 16.5. The van der Waals surface area contributed by atoms with Crippen molar-refractivity contribution in [3.63, 3.8) is 0 Å². The number of nitrogens with one attached hydrogen (secondary N) is 2. The van der Waals surface area contributed by atoms with E-state index in [4.69, 9.17) is 10.5 Å². The van der Waals surface area contributed by atoms with Crippen molar-refractivity contribution in [1.29, 1.82) is 0 Å². The smallest absolute Gasteiger partial charge is 0.197 e. The molecule has 6 heteroatoms. The largest absolute Gasteiger partial charge is 0.370 e. The molecular weight excluding hydrogens is 230 g/mol. The molecule has 98 valence electrons. The topological polar surface area (TPSA) is 88.3 Å². The van der Waals surface area contributed by atoms with Gasteiger partial charge in [0, 0.05) is 0 Å². The van der Waals surface area contributed by atoms with Gasteiger partial charge >= 0.3 is 0 Å². The predicted molar refractivity (Wildman–Crippen MR) is 69.1 cm³/mol. The van der Waals surface area contributed by atoms with Crippen LogP contribution in [0.15, 0.2) is 11.3 Å². The van der Waals surface area contributed by atoms with Crippen molar-refractivity contribution >= 4 is 11.8 Å². The maximum Gasteiger partial charge on any atom is 0.197 e. The van der Waals surface area contributed by atoms with Gasteiger partial charge in [0.25, 0.3) is 0 Å². The Bertz CT molecular complexity index is 435. The maximum absolute atomic E-state index is 5.90. The zero-order valence-corrected chi connectivity index (χ0v) is 10.4. The normalized spacial score (nSPS) is 24.2. The third-order valence-corrected chi connectivity index (χ3v) is 3.63. The van der Waals surface area contributed by atoms with E-state index >= 15 is 0 Å². The fraction of sp³-hybridized carbons (Fsp3) is 0.667. The van der Waals surface area contributed by atoms with Crippen LogP contribution in [0.25, 0.3) is 0 Å². The van der Waals surface area contributed by atoms with Crippen LogP contribution in [0.1, 0.15) is 44.0 Å². The van der Waals surface area contributed by atoms with Crippen LogP contribution in [0.3, 0.4) is 0 Å². The molecule has 0 aromatic carbocycles. The molecule has 1 unspecified atom stereocenters. The fourth-order valence-corrected chi connectivity index (χ4v) is 2.64. The number of rotatable bonds is 3. The minimum absolute atomic E-state index is 0.342. The molecule has 1 aromatic rings. The molecule has 0 saturated heterocycles. The van der Waals surface area contributed by atoms with Gasteiger partial charge in [0.2, 0.25) is 0 Å². The molecule has 0 bridgehead atoms. The summed E-state index contributed by atoms with van der Waals surface area (Å²) in [4.78, 5) is 11.5. The maximum atomic E-state index is 5.90. The first-order valence-electron chi connectivity index (χ1n) is 6.58. The number of imidazole rings is 1. The van der Waals surface area contributed by atoms with E-state index in [0.29, 0.717) is 11.9 Å². The number of ether oxygens (including phenoxy) is 1. The van der Waals surface area contributed by atoms with Gasteiger partial charge < -0.3 is 20.8 Å². The predicted octanol–water partition coefficient (Wildman–Crippen LogP) is 1.75. The van der Waals surface area contributed by atoms with Crippen molar-refractivity contribution in [2.75, 3.05) is 11.9 Å². The van der Waals surface area contributed by atoms with Crippen LogP contribution in [0.5, 0.6) is 0 Å². The molecule has 0 radical (unpaired) electrons. The molecule has 1 aromatic heterocycles. The second kappa shape index (κ2) is 4.97. The van der Waals surface area contributed by atoms with E-state index in [1.165, 1.54) is 32.1 Å². The molecule has 3 rings (SSSR count). The van der Waals surface area contributed by atoms with E-state index in [2.05, 4.69) is 20.3 Å². The summed E-state index contributed by atoms with van der Waals surface area (Å²) in [5, 5.41) is 2.91. The van der Waals surface area contributed by atoms with Gasteiger partial charge in [-0.1, -0.05) is 19.3 Å². The van der Waals surface area contributed by atoms with Gasteiger partial charge in [-0.2, -0.15) is 0 Å². The van der Waals surface area contributed by atoms with Gasteiger partial charge in [-0.25, -0.2) is 9.98 Å². The van der Waals surface area contributed by atoms with E-state index in [0.717, 1.165) is 18.1 Å². The average molecular weight is 249 g/mol. The fourth-order valence-electron chi connectivity index (χ4n) is 2.64. The number of H-pyrrole nitrogens is 1. The lowest BCUT2D eigenvalue weighted by atomic mass is 9.90. The van der Waals surface area contributed by atoms with Crippen molar-refractivity contribution in [3.8, 4) is 0 Å². The third kappa shape index (κ3) is 2.33. The van der Waals surface area contributed by atoms with Crippen molar-refractivity contribution in [1.82, 2.24) is 9.97 Å². The van der Waals surface area contributed by atoms with Crippen LogP contribution in [-0.2, 0) is 4.74 Å². The summed E-state index contributed by atoms with van der Waals surface area (Å²) < 4.78 is 5.90. The average Bonchev–Trinajstić information content (AvgIpc) is 2.85. The molecule has 6 nitrogen and oxygen atoms in total. The van der Waals surface area contributed by atoms with Crippen LogP contribution in [0, 0.1) is 5.92 Å². The van der Waals surface area contributed by atoms with Crippen molar-refractivity contribution in [2.24, 2.45) is 16.6 Å². The molecule has 4 N–H and O–H groups in total. The Morgan fingerprint density at radius 2 is 2.17 bits per heavy atom. The number of aliphatic imine (C=N–C) groups is 1. The van der Waals surface area contributed by atoms with Crippen LogP contribution in [-0.4, -0.2) is 22.5 Å². The minimum Gasteiger partial charge on any atom is -0.370 e. The molecule has 2 heterocycles. The Balaban J connectivity index is 1.63. The number of nitrogens with zero attached hydrogens (tertiary/aromatic N) is 2. The molecule has 1 saturated carbocycles. The zero-order chi connectivity index (χ0) is 12.4. The number of guanidine groups is 1. The number of hydrogen-bond acceptors (Lipinski definition) is 5. The van der Waals surface area contributed by atoms with Crippen molar-refractivity contribution < 1.29 is 4.74 Å². The molecule has 2 aliphatic rings. The Kier molecular flexibility index (Phi) is 3.19. The molecule has 1 fully saturated rings. The van der Waals surface area contributed by atoms with E-state index in [1.54, 1.807) is 6.33 Å². The second-order valence-electron chi connectivity index (χ2n) is 4.99. The summed E-state index contributed by atoms with van der Waals surface area (Å²) in [7, 11) is 0. The quantitative estimate of drug-likeness (QED) is 0.761. The monoisotopic (exact) mass is 249 g/mol. The highest BCUT2D eigenvalue weighted by Gasteiger charge is 2.24. The second-order valence-corrected chi connectivity index (χ2v) is 4.99. The third-order valence-electron chi connectivity index (χ3n) is 3.63. The molecule has 0 spiro atoms. The molecule has 1 aliphatic heterocycles. The van der Waals surface area contributed by atoms with E-state index in [9.17, 15) is 0 Å². The Hall–Kier alpha value is -1.56. The summed E-state index contributed by atoms with van der Waals surface area (Å²) in [6.07, 6.45) is 7.82. The number of aromatic nitrogens is 2. The first-order valence-corrected chi connectivity index (χ1v) is 6.58. The van der Waals surface area contributed by atoms with Crippen molar-refractivity contribution in [2.45, 2.75) is 38.3 Å². The van der Waals surface area contributed by atoms with Gasteiger partial charge in [0.15, 0.2) is 18.0 Å². The van der Waals surface area contributed by atoms with Crippen LogP contribution >= 0.6 is 0 Å². The summed E-state index contributed by atoms with van der Waals surface area (Å²) in [5.74, 6) is 1.75. The number of fused-ring (bicyclic) bond motifs is 1. The lowest BCUT2D eigenvalue weighted by Gasteiger charge is -2.25. The van der Waals surface area contributed by atoms with Crippen LogP contribution in [0.2, 0.25) is 0 Å². The Morgan fingerprint density at radius 1 is 1.33 bits per heavy atom. The summed E-state index contributed by atoms with van der Waals surface area (Å²) in [5.41, 5.74) is 6.57. The van der Waals surface area contributed by atoms with Gasteiger partial charge in [-0.3, -0.25) is 0 Å². The highest BCUT2D eigenvalue weighted by molar-refractivity contribution is 5.93. The summed E-state index contributed by atoms with van der Waals surface area (Å²) in [6, 6.07) is 0. The van der Waals surface area contributed by atoms with Gasteiger partial charge in [-0.05, 0) is 18.8 Å². The van der Waals surface area contributed by atoms with E-state index in [1.807, 2.05) is 0 Å². The van der Waals surface area contributed by atoms with E-state index in [-0.39, 0.29) is 6.23 Å². The first-order chi connectivity index (χ1) is 8.83. The lowest BCUT2D eigenvalue weighted by Crippen LogP contribution is -2.29. The number of hydrogen-bond donors (Lipinski definition) is 3. The molecule has 0 amide bonds. The van der Waals surface area contributed by atoms with Crippen LogP contribution in [0.4, 0.5) is 5.82 Å². The summed E-state index contributed by atoms with van der Waals surface area (Å²) >= 11 is 0. The zero-order valence-electron chi connectivity index (χ0n) is 10.4. The van der Waals surface area contributed by atoms with Gasteiger partial charge in [0.05, 0.1) is 12.9 Å². The highest BCUT2D eigenvalue weighted by Crippen LogP contribution is 2.30. The first kappa shape index (κ1) is 11.5. The van der Waals surface area contributed by atoms with E-state index < -0.39 is 0 Å². The number of aromatic amines is 1. The minimum atomic E-state index is -0.342. The van der Waals surface area contributed by atoms with Crippen LogP contribution < -0.4 is 11.1 Å². The Labute approximate surface area is 106 Å².